The maximum absolute atomic E-state index is 10.6. The quantitative estimate of drug-likeness (QED) is 0.616. The van der Waals surface area contributed by atoms with Crippen LogP contribution in [-0.2, 0) is 4.79 Å². The van der Waals surface area contributed by atoms with Gasteiger partial charge in [-0.15, -0.1) is 0 Å². The monoisotopic (exact) mass is 152 g/mol. The van der Waals surface area contributed by atoms with Gasteiger partial charge in [0, 0.05) is 24.9 Å². The molecule has 0 bridgehead atoms. The van der Waals surface area contributed by atoms with Gasteiger partial charge in [0.1, 0.15) is 0 Å². The molecule has 0 spiro atoms. The fourth-order valence-corrected chi connectivity index (χ4v) is 0.947. The van der Waals surface area contributed by atoms with E-state index in [2.05, 4.69) is 11.8 Å². The lowest BCUT2D eigenvalue weighted by Crippen LogP contribution is -2.23. The van der Waals surface area contributed by atoms with Crippen LogP contribution in [0.4, 0.5) is 0 Å². The number of carbonyl (C=O) groups is 1. The van der Waals surface area contributed by atoms with E-state index in [1.54, 1.807) is 6.08 Å². The molecule has 11 heavy (non-hydrogen) atoms. The zero-order chi connectivity index (χ0) is 8.27. The average Bonchev–Trinajstić information content (AvgIpc) is 2.05. The van der Waals surface area contributed by atoms with E-state index in [1.807, 2.05) is 12.3 Å². The Morgan fingerprint density at radius 3 is 2.91 bits per heavy atom. The Morgan fingerprint density at radius 2 is 2.55 bits per heavy atom. The van der Waals surface area contributed by atoms with Crippen LogP contribution in [0, 0.1) is 0 Å². The molecule has 0 unspecified atom stereocenters. The SMILES string of the molecule is CCN1C=CC(C(N)=O)=CC1. The van der Waals surface area contributed by atoms with Crippen LogP contribution in [0.3, 0.4) is 0 Å². The summed E-state index contributed by atoms with van der Waals surface area (Å²) in [6, 6.07) is 0. The molecule has 0 aromatic heterocycles. The number of amides is 1. The van der Waals surface area contributed by atoms with Crippen molar-refractivity contribution in [3.63, 3.8) is 0 Å². The molecule has 3 nitrogen and oxygen atoms in total. The highest BCUT2D eigenvalue weighted by Gasteiger charge is 2.05. The summed E-state index contributed by atoms with van der Waals surface area (Å²) >= 11 is 0. The summed E-state index contributed by atoms with van der Waals surface area (Å²) < 4.78 is 0. The first kappa shape index (κ1) is 7.85. The third kappa shape index (κ3) is 1.83. The Hall–Kier alpha value is -1.25. The maximum atomic E-state index is 10.6. The number of hydrogen-bond acceptors (Lipinski definition) is 2. The van der Waals surface area contributed by atoms with Crippen LogP contribution in [0.1, 0.15) is 6.92 Å². The van der Waals surface area contributed by atoms with Crippen molar-refractivity contribution in [2.24, 2.45) is 5.73 Å². The van der Waals surface area contributed by atoms with Gasteiger partial charge in [-0.2, -0.15) is 0 Å². The van der Waals surface area contributed by atoms with E-state index in [-0.39, 0.29) is 5.91 Å². The number of primary amides is 1. The Balaban J connectivity index is 2.60. The van der Waals surface area contributed by atoms with Crippen LogP contribution in [0.15, 0.2) is 23.9 Å². The fourth-order valence-electron chi connectivity index (χ4n) is 0.947. The third-order valence-electron chi connectivity index (χ3n) is 1.70. The molecule has 0 atom stereocenters. The van der Waals surface area contributed by atoms with Gasteiger partial charge in [0.15, 0.2) is 0 Å². The lowest BCUT2D eigenvalue weighted by Gasteiger charge is -2.19. The minimum atomic E-state index is -0.350. The van der Waals surface area contributed by atoms with Gasteiger partial charge in [0.25, 0.3) is 0 Å². The molecule has 1 heterocycles. The van der Waals surface area contributed by atoms with Gasteiger partial charge in [-0.25, -0.2) is 0 Å². The van der Waals surface area contributed by atoms with E-state index in [4.69, 9.17) is 5.73 Å². The average molecular weight is 152 g/mol. The summed E-state index contributed by atoms with van der Waals surface area (Å²) in [6.07, 6.45) is 5.47. The van der Waals surface area contributed by atoms with Crippen LogP contribution in [0.5, 0.6) is 0 Å². The minimum Gasteiger partial charge on any atom is -0.374 e. The van der Waals surface area contributed by atoms with Crippen molar-refractivity contribution in [1.82, 2.24) is 4.90 Å². The minimum absolute atomic E-state index is 0.350. The molecule has 2 N–H and O–H groups in total. The summed E-state index contributed by atoms with van der Waals surface area (Å²) in [7, 11) is 0. The standard InChI is InChI=1S/C8H12N2O/c1-2-10-5-3-7(4-6-10)8(9)11/h3-5H,2,6H2,1H3,(H2,9,11). The summed E-state index contributed by atoms with van der Waals surface area (Å²) in [5, 5.41) is 0. The molecule has 1 rings (SSSR count). The van der Waals surface area contributed by atoms with Crippen molar-refractivity contribution in [1.29, 1.82) is 0 Å². The molecule has 1 aliphatic rings. The van der Waals surface area contributed by atoms with Gasteiger partial charge < -0.3 is 10.6 Å². The molecule has 0 aromatic rings. The van der Waals surface area contributed by atoms with Crippen molar-refractivity contribution >= 4 is 5.91 Å². The number of hydrogen-bond donors (Lipinski definition) is 1. The predicted octanol–water partition coefficient (Wildman–Crippen LogP) is 0.247. The van der Waals surface area contributed by atoms with Gasteiger partial charge in [0.2, 0.25) is 5.91 Å². The maximum Gasteiger partial charge on any atom is 0.248 e. The van der Waals surface area contributed by atoms with Gasteiger partial charge in [-0.3, -0.25) is 4.79 Å². The molecule has 60 valence electrons. The molecule has 1 aliphatic heterocycles. The van der Waals surface area contributed by atoms with E-state index >= 15 is 0 Å². The van der Waals surface area contributed by atoms with Crippen molar-refractivity contribution in [2.45, 2.75) is 6.92 Å². The topological polar surface area (TPSA) is 46.3 Å². The van der Waals surface area contributed by atoms with Crippen LogP contribution >= 0.6 is 0 Å². The van der Waals surface area contributed by atoms with Crippen molar-refractivity contribution in [3.8, 4) is 0 Å². The van der Waals surface area contributed by atoms with Gasteiger partial charge in [0.05, 0.1) is 0 Å². The molecule has 3 heteroatoms. The first-order valence-electron chi connectivity index (χ1n) is 3.66. The summed E-state index contributed by atoms with van der Waals surface area (Å²) in [6.45, 7) is 3.80. The second kappa shape index (κ2) is 3.23. The summed E-state index contributed by atoms with van der Waals surface area (Å²) in [5.41, 5.74) is 5.68. The first-order chi connectivity index (χ1) is 5.24. The second-order valence-corrected chi connectivity index (χ2v) is 2.43. The van der Waals surface area contributed by atoms with Crippen LogP contribution in [0.2, 0.25) is 0 Å². The van der Waals surface area contributed by atoms with Gasteiger partial charge in [-0.1, -0.05) is 6.08 Å². The Labute approximate surface area is 66.2 Å². The van der Waals surface area contributed by atoms with E-state index in [0.29, 0.717) is 5.57 Å². The summed E-state index contributed by atoms with van der Waals surface area (Å²) in [4.78, 5) is 12.7. The molecule has 0 saturated heterocycles. The molecular weight excluding hydrogens is 140 g/mol. The number of nitrogens with two attached hydrogens (primary N) is 1. The highest BCUT2D eigenvalue weighted by molar-refractivity contribution is 5.94. The fraction of sp³-hybridized carbons (Fsp3) is 0.375. The number of likely N-dealkylation sites (N-methyl/N-ethyl adjacent to an activating group) is 1. The zero-order valence-corrected chi connectivity index (χ0v) is 6.58. The lowest BCUT2D eigenvalue weighted by atomic mass is 10.2. The molecule has 0 fully saturated rings. The first-order valence-corrected chi connectivity index (χ1v) is 3.66. The molecule has 0 aliphatic carbocycles. The van der Waals surface area contributed by atoms with E-state index in [1.165, 1.54) is 0 Å². The van der Waals surface area contributed by atoms with Crippen molar-refractivity contribution in [2.75, 3.05) is 13.1 Å². The summed E-state index contributed by atoms with van der Waals surface area (Å²) in [5.74, 6) is -0.350. The highest BCUT2D eigenvalue weighted by atomic mass is 16.1. The molecular formula is C8H12N2O. The molecule has 0 aromatic carbocycles. The van der Waals surface area contributed by atoms with E-state index in [9.17, 15) is 4.79 Å². The van der Waals surface area contributed by atoms with Crippen molar-refractivity contribution < 1.29 is 4.79 Å². The van der Waals surface area contributed by atoms with Crippen LogP contribution in [-0.4, -0.2) is 23.9 Å². The Bertz CT molecular complexity index is 218. The van der Waals surface area contributed by atoms with E-state index < -0.39 is 0 Å². The number of carbonyl (C=O) groups excluding carboxylic acids is 1. The highest BCUT2D eigenvalue weighted by Crippen LogP contribution is 2.05. The van der Waals surface area contributed by atoms with Crippen LogP contribution < -0.4 is 5.73 Å². The predicted molar refractivity (Wildman–Crippen MR) is 43.7 cm³/mol. The lowest BCUT2D eigenvalue weighted by molar-refractivity contribution is -0.114. The zero-order valence-electron chi connectivity index (χ0n) is 6.58. The second-order valence-electron chi connectivity index (χ2n) is 2.43. The number of rotatable bonds is 2. The van der Waals surface area contributed by atoms with Gasteiger partial charge in [-0.05, 0) is 13.0 Å². The van der Waals surface area contributed by atoms with Crippen molar-refractivity contribution in [3.05, 3.63) is 23.9 Å². The number of nitrogens with zero attached hydrogens (tertiary/aromatic N) is 1. The molecule has 0 saturated carbocycles. The Kier molecular flexibility index (Phi) is 2.31. The van der Waals surface area contributed by atoms with E-state index in [0.717, 1.165) is 13.1 Å². The smallest absolute Gasteiger partial charge is 0.248 e. The van der Waals surface area contributed by atoms with Crippen LogP contribution in [0.25, 0.3) is 0 Å². The normalized spacial score (nSPS) is 16.5. The largest absolute Gasteiger partial charge is 0.374 e. The molecule has 0 radical (unpaired) electrons. The third-order valence-corrected chi connectivity index (χ3v) is 1.70. The van der Waals surface area contributed by atoms with Gasteiger partial charge >= 0.3 is 0 Å². The molecule has 1 amide bonds. The Morgan fingerprint density at radius 1 is 1.82 bits per heavy atom.